The van der Waals surface area contributed by atoms with Gasteiger partial charge in [0.2, 0.25) is 5.91 Å². The summed E-state index contributed by atoms with van der Waals surface area (Å²) in [6.45, 7) is 3.64. The van der Waals surface area contributed by atoms with Crippen molar-refractivity contribution in [2.45, 2.75) is 19.8 Å². The van der Waals surface area contributed by atoms with Crippen molar-refractivity contribution in [3.05, 3.63) is 71.1 Å². The Morgan fingerprint density at radius 2 is 2.00 bits per heavy atom. The van der Waals surface area contributed by atoms with Gasteiger partial charge in [-0.2, -0.15) is 0 Å². The first-order chi connectivity index (χ1) is 17.5. The molecule has 196 valence electrons. The molecule has 1 aromatic rings. The number of ether oxygens (including phenoxy) is 1. The number of aliphatic imine (C=N–C) groups is 1. The van der Waals surface area contributed by atoms with Gasteiger partial charge < -0.3 is 26.2 Å². The van der Waals surface area contributed by atoms with Crippen LogP contribution in [0.4, 0.5) is 0 Å². The summed E-state index contributed by atoms with van der Waals surface area (Å²) in [6, 6.07) is 7.20. The number of hydrogen-bond donors (Lipinski definition) is 5. The Bertz CT molecular complexity index is 936. The Hall–Kier alpha value is -3.91. The summed E-state index contributed by atoms with van der Waals surface area (Å²) in [5.74, 6) is 6.41. The van der Waals surface area contributed by atoms with Crippen molar-refractivity contribution in [2.24, 2.45) is 16.6 Å². The second kappa shape index (κ2) is 20.5. The molecule has 10 nitrogen and oxygen atoms in total. The first kappa shape index (κ1) is 32.1. The number of allylic oxidation sites excluding steroid dienone is 2. The van der Waals surface area contributed by atoms with E-state index in [-0.39, 0.29) is 12.3 Å². The molecule has 7 N–H and O–H groups in total. The fourth-order valence-electron chi connectivity index (χ4n) is 2.89. The number of methoxy groups -OCH3 is 1. The molecule has 1 amide bonds. The van der Waals surface area contributed by atoms with E-state index < -0.39 is 0 Å². The van der Waals surface area contributed by atoms with Crippen LogP contribution in [0, 0.1) is 12.8 Å². The number of aldehydes is 1. The summed E-state index contributed by atoms with van der Waals surface area (Å²) >= 11 is 0. The fourth-order valence-corrected chi connectivity index (χ4v) is 2.89. The number of hydrazine groups is 2. The Morgan fingerprint density at radius 3 is 2.64 bits per heavy atom. The standard InChI is InChI=1S/C24H37N7O3.C2H2/c1-4-19(10-7-16-34-3)22(25)17-31(26)15-12-23(33)28-13-8-14-29-24(30-27-2)21-11-6-5-9-20(21)18-32;1-2/h4-7,9-11,17-18,27H,8,12-16,25-26H2,1-3H3,(H,28,33)(H,29,30);1-2H/b10-7-,19-4+,22-17-;. The maximum atomic E-state index is 12.1. The van der Waals surface area contributed by atoms with Crippen LogP contribution in [-0.2, 0) is 9.53 Å². The maximum Gasteiger partial charge on any atom is 0.221 e. The lowest BCUT2D eigenvalue weighted by Gasteiger charge is -2.15. The monoisotopic (exact) mass is 497 g/mol. The molecule has 1 rings (SSSR count). The van der Waals surface area contributed by atoms with E-state index in [1.165, 1.54) is 5.01 Å². The molecular formula is C26H39N7O3. The molecule has 0 aromatic heterocycles. The Kier molecular flexibility index (Phi) is 18.2. The average Bonchev–Trinajstić information content (AvgIpc) is 2.90. The molecule has 10 heteroatoms. The molecule has 36 heavy (non-hydrogen) atoms. The smallest absolute Gasteiger partial charge is 0.221 e. The molecule has 0 bridgehead atoms. The zero-order valence-electron chi connectivity index (χ0n) is 21.4. The summed E-state index contributed by atoms with van der Waals surface area (Å²) in [4.78, 5) is 27.9. The number of benzene rings is 1. The highest BCUT2D eigenvalue weighted by atomic mass is 16.5. The fraction of sp³-hybridized carbons (Fsp3) is 0.346. The molecular weight excluding hydrogens is 458 g/mol. The predicted octanol–water partition coefficient (Wildman–Crippen LogP) is 1.24. The van der Waals surface area contributed by atoms with Crippen LogP contribution >= 0.6 is 0 Å². The lowest BCUT2D eigenvalue weighted by Crippen LogP contribution is -2.36. The van der Waals surface area contributed by atoms with Gasteiger partial charge in [-0.15, -0.1) is 12.8 Å². The van der Waals surface area contributed by atoms with E-state index in [1.807, 2.05) is 37.3 Å². The molecule has 1 aromatic carbocycles. The highest BCUT2D eigenvalue weighted by Gasteiger charge is 2.08. The first-order valence-electron chi connectivity index (χ1n) is 11.4. The number of carbonyl (C=O) groups excluding carboxylic acids is 2. The van der Waals surface area contributed by atoms with Crippen LogP contribution < -0.4 is 27.7 Å². The number of nitrogens with two attached hydrogens (primary N) is 2. The SMILES string of the molecule is C#C.C/C=C(\C=C/COC)C(/N)=C/N(N)CCC(=O)NCCCN=C(NNC)c1ccccc1C=O. The summed E-state index contributed by atoms with van der Waals surface area (Å²) < 4.78 is 4.98. The third-order valence-electron chi connectivity index (χ3n) is 4.62. The van der Waals surface area contributed by atoms with Gasteiger partial charge in [-0.1, -0.05) is 42.5 Å². The number of nitrogens with one attached hydrogen (secondary N) is 3. The number of rotatable bonds is 15. The van der Waals surface area contributed by atoms with Crippen LogP contribution in [0.2, 0.25) is 0 Å². The van der Waals surface area contributed by atoms with E-state index >= 15 is 0 Å². The van der Waals surface area contributed by atoms with Gasteiger partial charge in [-0.05, 0) is 18.9 Å². The van der Waals surface area contributed by atoms with Crippen LogP contribution in [0.25, 0.3) is 0 Å². The number of terminal acetylenes is 1. The van der Waals surface area contributed by atoms with Crippen molar-refractivity contribution < 1.29 is 14.3 Å². The highest BCUT2D eigenvalue weighted by Crippen LogP contribution is 2.08. The van der Waals surface area contributed by atoms with Crippen LogP contribution in [0.15, 0.2) is 65.0 Å². The summed E-state index contributed by atoms with van der Waals surface area (Å²) in [5.41, 5.74) is 14.4. The third-order valence-corrected chi connectivity index (χ3v) is 4.62. The Balaban J connectivity index is 0.00000596. The molecule has 0 fully saturated rings. The van der Waals surface area contributed by atoms with E-state index in [9.17, 15) is 9.59 Å². The maximum absolute atomic E-state index is 12.1. The van der Waals surface area contributed by atoms with Gasteiger partial charge in [-0.25, -0.2) is 11.3 Å². The summed E-state index contributed by atoms with van der Waals surface area (Å²) in [5, 5.41) is 4.25. The molecule has 0 aliphatic carbocycles. The Morgan fingerprint density at radius 1 is 1.28 bits per heavy atom. The number of amides is 1. The van der Waals surface area contributed by atoms with Crippen molar-refractivity contribution in [3.8, 4) is 12.8 Å². The van der Waals surface area contributed by atoms with Gasteiger partial charge in [0.25, 0.3) is 0 Å². The second-order valence-corrected chi connectivity index (χ2v) is 7.19. The highest BCUT2D eigenvalue weighted by molar-refractivity contribution is 6.04. The van der Waals surface area contributed by atoms with Crippen LogP contribution in [0.1, 0.15) is 35.7 Å². The van der Waals surface area contributed by atoms with E-state index in [0.717, 1.165) is 11.9 Å². The minimum Gasteiger partial charge on any atom is -0.397 e. The molecule has 0 heterocycles. The molecule has 0 spiro atoms. The molecule has 0 unspecified atom stereocenters. The number of carbonyl (C=O) groups is 2. The van der Waals surface area contributed by atoms with Crippen LogP contribution in [0.3, 0.4) is 0 Å². The van der Waals surface area contributed by atoms with E-state index in [4.69, 9.17) is 16.3 Å². The number of amidine groups is 1. The minimum atomic E-state index is -0.113. The van der Waals surface area contributed by atoms with Crippen molar-refractivity contribution in [1.29, 1.82) is 0 Å². The van der Waals surface area contributed by atoms with Gasteiger partial charge in [0.05, 0.1) is 12.3 Å². The van der Waals surface area contributed by atoms with Crippen molar-refractivity contribution >= 4 is 18.0 Å². The minimum absolute atomic E-state index is 0.113. The molecule has 0 atom stereocenters. The van der Waals surface area contributed by atoms with Crippen molar-refractivity contribution in [2.75, 3.05) is 40.4 Å². The van der Waals surface area contributed by atoms with Gasteiger partial charge in [0, 0.05) is 57.5 Å². The predicted molar refractivity (Wildman–Crippen MR) is 145 cm³/mol. The van der Waals surface area contributed by atoms with E-state index in [0.29, 0.717) is 55.3 Å². The van der Waals surface area contributed by atoms with Crippen molar-refractivity contribution in [3.63, 3.8) is 0 Å². The number of hydrogen-bond acceptors (Lipinski definition) is 8. The van der Waals surface area contributed by atoms with Crippen LogP contribution in [0.5, 0.6) is 0 Å². The normalized spacial score (nSPS) is 12.0. The quantitative estimate of drug-likeness (QED) is 0.0355. The topological polar surface area (TPSA) is 147 Å². The molecule has 0 aliphatic heterocycles. The summed E-state index contributed by atoms with van der Waals surface area (Å²) in [7, 11) is 3.34. The largest absolute Gasteiger partial charge is 0.397 e. The zero-order valence-corrected chi connectivity index (χ0v) is 21.4. The van der Waals surface area contributed by atoms with Crippen molar-refractivity contribution in [1.82, 2.24) is 21.2 Å². The van der Waals surface area contributed by atoms with Gasteiger partial charge in [-0.3, -0.25) is 14.6 Å². The molecule has 0 saturated carbocycles. The van der Waals surface area contributed by atoms with Gasteiger partial charge in [0.1, 0.15) is 5.84 Å². The molecule has 0 saturated heterocycles. The van der Waals surface area contributed by atoms with E-state index in [1.54, 1.807) is 32.5 Å². The second-order valence-electron chi connectivity index (χ2n) is 7.19. The molecule has 0 aliphatic rings. The third kappa shape index (κ3) is 13.1. The lowest BCUT2D eigenvalue weighted by molar-refractivity contribution is -0.121. The van der Waals surface area contributed by atoms with Gasteiger partial charge in [0.15, 0.2) is 6.29 Å². The zero-order chi connectivity index (χ0) is 27.2. The first-order valence-corrected chi connectivity index (χ1v) is 11.4. The van der Waals surface area contributed by atoms with Gasteiger partial charge >= 0.3 is 0 Å². The van der Waals surface area contributed by atoms with E-state index in [2.05, 4.69) is 34.0 Å². The average molecular weight is 498 g/mol. The summed E-state index contributed by atoms with van der Waals surface area (Å²) in [6.07, 6.45) is 16.8. The molecule has 0 radical (unpaired) electrons. The Labute approximate surface area is 214 Å². The number of nitrogens with zero attached hydrogens (tertiary/aromatic N) is 2. The van der Waals surface area contributed by atoms with Crippen LogP contribution in [-0.4, -0.2) is 63.4 Å². The lowest BCUT2D eigenvalue weighted by atomic mass is 10.1.